The first-order valence-electron chi connectivity index (χ1n) is 6.32. The monoisotopic (exact) mass is 334 g/mol. The molecule has 0 aliphatic rings. The minimum absolute atomic E-state index is 0.129. The van der Waals surface area contributed by atoms with E-state index in [4.69, 9.17) is 16.3 Å². The van der Waals surface area contributed by atoms with E-state index in [0.29, 0.717) is 9.98 Å². The van der Waals surface area contributed by atoms with Gasteiger partial charge < -0.3 is 4.74 Å². The summed E-state index contributed by atoms with van der Waals surface area (Å²) in [6, 6.07) is 7.42. The van der Waals surface area contributed by atoms with Crippen LogP contribution < -0.4 is 5.32 Å². The molecule has 0 saturated heterocycles. The molecule has 2 heterocycles. The van der Waals surface area contributed by atoms with Gasteiger partial charge in [0.25, 0.3) is 5.95 Å². The molecule has 0 aliphatic heterocycles. The highest BCUT2D eigenvalue weighted by molar-refractivity contribution is 7.15. The lowest BCUT2D eigenvalue weighted by molar-refractivity contribution is 0.174. The number of hydrogen-bond acceptors (Lipinski definition) is 5. The number of carbonyl (C=O) groups is 1. The number of nitrogens with zero attached hydrogens (tertiary/aromatic N) is 3. The summed E-state index contributed by atoms with van der Waals surface area (Å²) < 4.78 is 6.49. The Morgan fingerprint density at radius 2 is 2.23 bits per heavy atom. The number of fused-ring (bicyclic) bond motifs is 1. The Hall–Kier alpha value is -2.38. The molecule has 0 atom stereocenters. The number of carbonyl (C=O) groups excluding carboxylic acids is 1. The van der Waals surface area contributed by atoms with E-state index < -0.39 is 6.09 Å². The van der Waals surface area contributed by atoms with Crippen molar-refractivity contribution in [2.45, 2.75) is 0 Å². The molecule has 0 bridgehead atoms. The van der Waals surface area contributed by atoms with Gasteiger partial charge in [0.05, 0.1) is 5.69 Å². The van der Waals surface area contributed by atoms with Gasteiger partial charge in [0.1, 0.15) is 6.61 Å². The molecule has 0 radical (unpaired) electrons. The summed E-state index contributed by atoms with van der Waals surface area (Å²) in [6.07, 6.45) is 0.864. The van der Waals surface area contributed by atoms with Gasteiger partial charge in [0.15, 0.2) is 0 Å². The van der Waals surface area contributed by atoms with Crippen molar-refractivity contribution in [2.24, 2.45) is 0 Å². The second-order valence-corrected chi connectivity index (χ2v) is 5.54. The molecule has 8 heteroatoms. The Bertz CT molecular complexity index is 825. The fourth-order valence-electron chi connectivity index (χ4n) is 1.82. The van der Waals surface area contributed by atoms with Gasteiger partial charge in [0.2, 0.25) is 4.96 Å². The maximum Gasteiger partial charge on any atom is 0.414 e. The first-order valence-corrected chi connectivity index (χ1v) is 7.58. The third-order valence-corrected chi connectivity index (χ3v) is 3.84. The quantitative estimate of drug-likeness (QED) is 0.736. The molecule has 0 saturated carbocycles. The minimum atomic E-state index is -0.619. The van der Waals surface area contributed by atoms with E-state index in [1.807, 2.05) is 29.6 Å². The molecule has 6 nitrogen and oxygen atoms in total. The SMILES string of the molecule is C=CCOC(=O)Nc1nc2scc(-c3ccc(Cl)cc3)n2n1. The number of ether oxygens (including phenoxy) is 1. The lowest BCUT2D eigenvalue weighted by Gasteiger charge is -2.00. The maximum atomic E-state index is 11.5. The first kappa shape index (κ1) is 14.6. The number of hydrogen-bond donors (Lipinski definition) is 1. The highest BCUT2D eigenvalue weighted by atomic mass is 35.5. The summed E-state index contributed by atoms with van der Waals surface area (Å²) in [5.41, 5.74) is 1.83. The van der Waals surface area contributed by atoms with E-state index in [1.165, 1.54) is 17.4 Å². The van der Waals surface area contributed by atoms with Crippen molar-refractivity contribution < 1.29 is 9.53 Å². The van der Waals surface area contributed by atoms with Crippen molar-refractivity contribution in [3.05, 3.63) is 47.3 Å². The van der Waals surface area contributed by atoms with Crippen molar-refractivity contribution in [3.63, 3.8) is 0 Å². The van der Waals surface area contributed by atoms with Crippen LogP contribution in [0.5, 0.6) is 0 Å². The van der Waals surface area contributed by atoms with Crippen molar-refractivity contribution in [1.29, 1.82) is 0 Å². The van der Waals surface area contributed by atoms with Crippen molar-refractivity contribution in [1.82, 2.24) is 14.6 Å². The summed E-state index contributed by atoms with van der Waals surface area (Å²) in [5.74, 6) is 0.191. The molecule has 1 N–H and O–H groups in total. The van der Waals surface area contributed by atoms with Crippen LogP contribution in [0.25, 0.3) is 16.2 Å². The van der Waals surface area contributed by atoms with Gasteiger partial charge in [-0.25, -0.2) is 9.31 Å². The van der Waals surface area contributed by atoms with Crippen LogP contribution in [0.2, 0.25) is 5.02 Å². The number of halogens is 1. The van der Waals surface area contributed by atoms with Crippen LogP contribution >= 0.6 is 22.9 Å². The lowest BCUT2D eigenvalue weighted by Crippen LogP contribution is -2.14. The Balaban J connectivity index is 1.86. The summed E-state index contributed by atoms with van der Waals surface area (Å²) in [5, 5.41) is 9.35. The smallest absolute Gasteiger partial charge is 0.414 e. The van der Waals surface area contributed by atoms with E-state index in [1.54, 1.807) is 4.52 Å². The van der Waals surface area contributed by atoms with Crippen LogP contribution in [0.4, 0.5) is 10.7 Å². The van der Waals surface area contributed by atoms with Crippen LogP contribution in [-0.4, -0.2) is 27.3 Å². The summed E-state index contributed by atoms with van der Waals surface area (Å²) in [7, 11) is 0. The topological polar surface area (TPSA) is 68.5 Å². The highest BCUT2D eigenvalue weighted by Crippen LogP contribution is 2.26. The average Bonchev–Trinajstić information content (AvgIpc) is 3.06. The fraction of sp³-hybridized carbons (Fsp3) is 0.0714. The second kappa shape index (κ2) is 6.17. The standard InChI is InChI=1S/C14H11ClN4O2S/c1-2-7-21-14(20)17-12-16-13-19(18-12)11(8-22-13)9-3-5-10(15)6-4-9/h2-6,8H,1,7H2,(H,17,18,20). The molecule has 0 spiro atoms. The molecule has 1 aromatic carbocycles. The summed E-state index contributed by atoms with van der Waals surface area (Å²) in [4.78, 5) is 16.4. The maximum absolute atomic E-state index is 11.5. The molecular weight excluding hydrogens is 324 g/mol. The summed E-state index contributed by atoms with van der Waals surface area (Å²) >= 11 is 7.32. The van der Waals surface area contributed by atoms with Crippen LogP contribution in [-0.2, 0) is 4.74 Å². The zero-order chi connectivity index (χ0) is 15.5. The van der Waals surface area contributed by atoms with Gasteiger partial charge in [-0.1, -0.05) is 36.4 Å². The normalized spacial score (nSPS) is 10.6. The molecule has 0 unspecified atom stereocenters. The minimum Gasteiger partial charge on any atom is -0.445 e. The largest absolute Gasteiger partial charge is 0.445 e. The van der Waals surface area contributed by atoms with Gasteiger partial charge in [-0.05, 0) is 12.1 Å². The molecule has 2 aromatic heterocycles. The summed E-state index contributed by atoms with van der Waals surface area (Å²) in [6.45, 7) is 3.60. The Morgan fingerprint density at radius 1 is 1.45 bits per heavy atom. The van der Waals surface area contributed by atoms with E-state index in [2.05, 4.69) is 22.0 Å². The van der Waals surface area contributed by atoms with Crippen LogP contribution in [0.1, 0.15) is 0 Å². The highest BCUT2D eigenvalue weighted by Gasteiger charge is 2.13. The lowest BCUT2D eigenvalue weighted by atomic mass is 10.2. The van der Waals surface area contributed by atoms with Gasteiger partial charge in [-0.15, -0.1) is 16.4 Å². The van der Waals surface area contributed by atoms with Gasteiger partial charge in [-0.2, -0.15) is 4.98 Å². The van der Waals surface area contributed by atoms with Gasteiger partial charge in [-0.3, -0.25) is 5.32 Å². The number of rotatable bonds is 4. The Morgan fingerprint density at radius 3 is 2.95 bits per heavy atom. The third kappa shape index (κ3) is 2.95. The van der Waals surface area contributed by atoms with E-state index in [9.17, 15) is 4.79 Å². The number of amides is 1. The average molecular weight is 335 g/mol. The number of anilines is 1. The first-order chi connectivity index (χ1) is 10.7. The molecule has 3 aromatic rings. The molecule has 22 heavy (non-hydrogen) atoms. The molecular formula is C14H11ClN4O2S. The third-order valence-electron chi connectivity index (χ3n) is 2.77. The molecule has 0 fully saturated rings. The zero-order valence-corrected chi connectivity index (χ0v) is 12.9. The van der Waals surface area contributed by atoms with Gasteiger partial charge in [0, 0.05) is 16.0 Å². The molecule has 112 valence electrons. The predicted octanol–water partition coefficient (Wildman–Crippen LogP) is 3.85. The Labute approximate surface area is 135 Å². The molecule has 1 amide bonds. The van der Waals surface area contributed by atoms with E-state index >= 15 is 0 Å². The number of aromatic nitrogens is 3. The second-order valence-electron chi connectivity index (χ2n) is 4.27. The van der Waals surface area contributed by atoms with Gasteiger partial charge >= 0.3 is 6.09 Å². The van der Waals surface area contributed by atoms with Crippen molar-refractivity contribution >= 4 is 39.9 Å². The molecule has 0 aliphatic carbocycles. The number of nitrogens with one attached hydrogen (secondary N) is 1. The zero-order valence-electron chi connectivity index (χ0n) is 11.3. The Kier molecular flexibility index (Phi) is 4.08. The molecule has 3 rings (SSSR count). The van der Waals surface area contributed by atoms with Crippen LogP contribution in [0.15, 0.2) is 42.3 Å². The fourth-order valence-corrected chi connectivity index (χ4v) is 2.77. The van der Waals surface area contributed by atoms with E-state index in [-0.39, 0.29) is 12.6 Å². The predicted molar refractivity (Wildman–Crippen MR) is 86.5 cm³/mol. The number of thiazole rings is 1. The number of benzene rings is 1. The van der Waals surface area contributed by atoms with Crippen molar-refractivity contribution in [2.75, 3.05) is 11.9 Å². The van der Waals surface area contributed by atoms with E-state index in [0.717, 1.165) is 11.3 Å². The van der Waals surface area contributed by atoms with Crippen molar-refractivity contribution in [3.8, 4) is 11.3 Å². The van der Waals surface area contributed by atoms with Crippen LogP contribution in [0, 0.1) is 0 Å². The van der Waals surface area contributed by atoms with Crippen LogP contribution in [0.3, 0.4) is 0 Å².